The smallest absolute Gasteiger partial charge is 0.315 e. The number of amides is 2. The van der Waals surface area contributed by atoms with Gasteiger partial charge in [-0.15, -0.1) is 11.3 Å². The number of hydrogen-bond donors (Lipinski definition) is 2. The first-order valence-electron chi connectivity index (χ1n) is 7.90. The second-order valence-electron chi connectivity index (χ2n) is 5.63. The van der Waals surface area contributed by atoms with E-state index in [1.54, 1.807) is 11.3 Å². The fourth-order valence-corrected chi connectivity index (χ4v) is 3.37. The van der Waals surface area contributed by atoms with Crippen molar-refractivity contribution in [3.8, 4) is 5.75 Å². The van der Waals surface area contributed by atoms with Crippen molar-refractivity contribution >= 4 is 17.4 Å². The fourth-order valence-electron chi connectivity index (χ4n) is 2.57. The highest BCUT2D eigenvalue weighted by molar-refractivity contribution is 7.11. The van der Waals surface area contributed by atoms with Crippen molar-refractivity contribution in [3.05, 3.63) is 45.9 Å². The average molecular weight is 331 g/mol. The highest BCUT2D eigenvalue weighted by Crippen LogP contribution is 2.26. The van der Waals surface area contributed by atoms with E-state index >= 15 is 0 Å². The third-order valence-electron chi connectivity index (χ3n) is 3.86. The molecule has 122 valence electrons. The van der Waals surface area contributed by atoms with Gasteiger partial charge in [0, 0.05) is 23.5 Å². The highest BCUT2D eigenvalue weighted by atomic mass is 32.1. The van der Waals surface area contributed by atoms with E-state index in [-0.39, 0.29) is 6.03 Å². The van der Waals surface area contributed by atoms with Gasteiger partial charge in [-0.3, -0.25) is 0 Å². The molecule has 2 heterocycles. The molecule has 0 spiro atoms. The van der Waals surface area contributed by atoms with Gasteiger partial charge in [-0.2, -0.15) is 0 Å². The van der Waals surface area contributed by atoms with Crippen LogP contribution in [0.25, 0.3) is 0 Å². The van der Waals surface area contributed by atoms with Gasteiger partial charge in [-0.25, -0.2) is 9.78 Å². The molecule has 5 nitrogen and oxygen atoms in total. The lowest BCUT2D eigenvalue weighted by Gasteiger charge is -2.25. The molecule has 1 aromatic carbocycles. The molecule has 23 heavy (non-hydrogen) atoms. The highest BCUT2D eigenvalue weighted by Gasteiger charge is 2.19. The zero-order valence-electron chi connectivity index (χ0n) is 13.2. The molecule has 1 aliphatic heterocycles. The second kappa shape index (κ2) is 7.46. The third kappa shape index (κ3) is 4.22. The number of fused-ring (bicyclic) bond motifs is 1. The minimum absolute atomic E-state index is 0.155. The molecule has 0 unspecified atom stereocenters. The predicted molar refractivity (Wildman–Crippen MR) is 90.9 cm³/mol. The van der Waals surface area contributed by atoms with Gasteiger partial charge in [0.05, 0.1) is 13.2 Å². The SMILES string of the molecule is CCc1cnc(CNC(=O)NC[C@@H]2COc3ccccc3C2)s1. The normalized spacial score (nSPS) is 16.3. The molecule has 1 aromatic heterocycles. The number of aromatic nitrogens is 1. The Morgan fingerprint density at radius 2 is 2.26 bits per heavy atom. The second-order valence-corrected chi connectivity index (χ2v) is 6.83. The third-order valence-corrected chi connectivity index (χ3v) is 5.00. The number of rotatable bonds is 5. The van der Waals surface area contributed by atoms with Crippen LogP contribution in [0.15, 0.2) is 30.5 Å². The molecule has 0 saturated heterocycles. The summed E-state index contributed by atoms with van der Waals surface area (Å²) >= 11 is 1.64. The largest absolute Gasteiger partial charge is 0.493 e. The molecule has 1 atom stereocenters. The van der Waals surface area contributed by atoms with Crippen molar-refractivity contribution in [2.45, 2.75) is 26.3 Å². The van der Waals surface area contributed by atoms with Crippen LogP contribution >= 0.6 is 11.3 Å². The van der Waals surface area contributed by atoms with E-state index in [2.05, 4.69) is 28.6 Å². The summed E-state index contributed by atoms with van der Waals surface area (Å²) in [5.41, 5.74) is 1.21. The predicted octanol–water partition coefficient (Wildman–Crippen LogP) is 2.76. The lowest BCUT2D eigenvalue weighted by molar-refractivity contribution is 0.211. The Labute approximate surface area is 140 Å². The first-order valence-corrected chi connectivity index (χ1v) is 8.72. The van der Waals surface area contributed by atoms with Gasteiger partial charge in [0.25, 0.3) is 0 Å². The summed E-state index contributed by atoms with van der Waals surface area (Å²) in [4.78, 5) is 17.4. The number of carbonyl (C=O) groups is 1. The summed E-state index contributed by atoms with van der Waals surface area (Å²) < 4.78 is 5.73. The standard InChI is InChI=1S/C17H21N3O2S/c1-2-14-9-18-16(23-14)10-20-17(21)19-8-12-7-13-5-3-4-6-15(13)22-11-12/h3-6,9,12H,2,7-8,10-11H2,1H3,(H2,19,20,21)/t12-/m1/s1. The number of para-hydroxylation sites is 1. The van der Waals surface area contributed by atoms with Crippen LogP contribution in [0.5, 0.6) is 5.75 Å². The maximum atomic E-state index is 11.9. The molecule has 6 heteroatoms. The van der Waals surface area contributed by atoms with Gasteiger partial charge >= 0.3 is 6.03 Å². The number of nitrogens with zero attached hydrogens (tertiary/aromatic N) is 1. The summed E-state index contributed by atoms with van der Waals surface area (Å²) in [7, 11) is 0. The molecule has 2 amide bonds. The van der Waals surface area contributed by atoms with Crippen LogP contribution in [0.1, 0.15) is 22.4 Å². The molecule has 0 aliphatic carbocycles. The van der Waals surface area contributed by atoms with E-state index in [1.807, 2.05) is 24.4 Å². The summed E-state index contributed by atoms with van der Waals surface area (Å²) in [5, 5.41) is 6.71. The van der Waals surface area contributed by atoms with Gasteiger partial charge in [0.2, 0.25) is 0 Å². The van der Waals surface area contributed by atoms with E-state index in [1.165, 1.54) is 10.4 Å². The van der Waals surface area contributed by atoms with Crippen molar-refractivity contribution in [2.24, 2.45) is 5.92 Å². The molecule has 0 fully saturated rings. The Kier molecular flexibility index (Phi) is 5.12. The maximum absolute atomic E-state index is 11.9. The van der Waals surface area contributed by atoms with Crippen molar-refractivity contribution < 1.29 is 9.53 Å². The number of nitrogens with one attached hydrogen (secondary N) is 2. The Balaban J connectivity index is 1.41. The van der Waals surface area contributed by atoms with Gasteiger partial charge in [0.15, 0.2) is 0 Å². The van der Waals surface area contributed by atoms with E-state index < -0.39 is 0 Å². The molecule has 0 bridgehead atoms. The number of ether oxygens (including phenoxy) is 1. The Morgan fingerprint density at radius 3 is 3.09 bits per heavy atom. The summed E-state index contributed by atoms with van der Waals surface area (Å²) in [6.45, 7) is 3.82. The van der Waals surface area contributed by atoms with E-state index in [9.17, 15) is 4.79 Å². The van der Waals surface area contributed by atoms with Crippen LogP contribution in [0.3, 0.4) is 0 Å². The van der Waals surface area contributed by atoms with Crippen molar-refractivity contribution in [3.63, 3.8) is 0 Å². The molecule has 0 radical (unpaired) electrons. The first kappa shape index (κ1) is 15.8. The van der Waals surface area contributed by atoms with Crippen LogP contribution in [0, 0.1) is 5.92 Å². The number of carbonyl (C=O) groups excluding carboxylic acids is 1. The Hall–Kier alpha value is -2.08. The molecule has 0 saturated carbocycles. The van der Waals surface area contributed by atoms with Crippen molar-refractivity contribution in [1.82, 2.24) is 15.6 Å². The van der Waals surface area contributed by atoms with Crippen LogP contribution in [0.4, 0.5) is 4.79 Å². The summed E-state index contributed by atoms with van der Waals surface area (Å²) in [5.74, 6) is 1.27. The minimum Gasteiger partial charge on any atom is -0.493 e. The fraction of sp³-hybridized carbons (Fsp3) is 0.412. The van der Waals surface area contributed by atoms with Crippen molar-refractivity contribution in [2.75, 3.05) is 13.2 Å². The summed E-state index contributed by atoms with van der Waals surface area (Å²) in [6, 6.07) is 7.91. The average Bonchev–Trinajstić information content (AvgIpc) is 3.06. The number of benzene rings is 1. The molecular weight excluding hydrogens is 310 g/mol. The molecule has 2 aromatic rings. The van der Waals surface area contributed by atoms with E-state index in [0.29, 0.717) is 25.6 Å². The lowest BCUT2D eigenvalue weighted by Crippen LogP contribution is -2.40. The topological polar surface area (TPSA) is 63.2 Å². The Bertz CT molecular complexity index is 671. The number of thiazole rings is 1. The summed E-state index contributed by atoms with van der Waals surface area (Å²) in [6.07, 6.45) is 3.78. The van der Waals surface area contributed by atoms with Gasteiger partial charge in [-0.1, -0.05) is 25.1 Å². The van der Waals surface area contributed by atoms with Crippen LogP contribution < -0.4 is 15.4 Å². The lowest BCUT2D eigenvalue weighted by atomic mass is 9.97. The monoisotopic (exact) mass is 331 g/mol. The van der Waals surface area contributed by atoms with E-state index in [0.717, 1.165) is 23.6 Å². The molecule has 2 N–H and O–H groups in total. The zero-order valence-corrected chi connectivity index (χ0v) is 14.0. The van der Waals surface area contributed by atoms with Crippen molar-refractivity contribution in [1.29, 1.82) is 0 Å². The number of aryl methyl sites for hydroxylation is 1. The quantitative estimate of drug-likeness (QED) is 0.885. The van der Waals surface area contributed by atoms with E-state index in [4.69, 9.17) is 4.74 Å². The first-order chi connectivity index (χ1) is 11.2. The molecule has 3 rings (SSSR count). The van der Waals surface area contributed by atoms with Crippen LogP contribution in [-0.4, -0.2) is 24.2 Å². The van der Waals surface area contributed by atoms with Crippen LogP contribution in [0.2, 0.25) is 0 Å². The van der Waals surface area contributed by atoms with Gasteiger partial charge in [0.1, 0.15) is 10.8 Å². The van der Waals surface area contributed by atoms with Crippen LogP contribution in [-0.2, 0) is 19.4 Å². The zero-order chi connectivity index (χ0) is 16.1. The molecule has 1 aliphatic rings. The van der Waals surface area contributed by atoms with Gasteiger partial charge in [-0.05, 0) is 24.5 Å². The Morgan fingerprint density at radius 1 is 1.39 bits per heavy atom. The number of urea groups is 1. The van der Waals surface area contributed by atoms with Gasteiger partial charge < -0.3 is 15.4 Å². The molecular formula is C17H21N3O2S. The maximum Gasteiger partial charge on any atom is 0.315 e. The number of hydrogen-bond acceptors (Lipinski definition) is 4. The minimum atomic E-state index is -0.155.